The summed E-state index contributed by atoms with van der Waals surface area (Å²) in [6.07, 6.45) is 12.1. The molecular weight excluding hydrogens is 476 g/mol. The van der Waals surface area contributed by atoms with Crippen LogP contribution in [0.2, 0.25) is 0 Å². The first-order valence-corrected chi connectivity index (χ1v) is 13.8. The van der Waals surface area contributed by atoms with Crippen molar-refractivity contribution in [2.24, 2.45) is 0 Å². The highest BCUT2D eigenvalue weighted by Gasteiger charge is 2.25. The van der Waals surface area contributed by atoms with Crippen LogP contribution in [0.4, 0.5) is 22.7 Å². The standard InChI is InChI=1S/C32H40N2O4/c1-2-3-4-5-6-7-8-9-10-17-22-26-29(32(37)38)28(33-24-18-13-11-14-19-24)23-27(31(35)36)30(26)34-25-20-15-12-16-21-25/h11-16,18-21,23,33-34H,2-10,17,22H2,1H3,(H,35,36)(H,37,38). The summed E-state index contributed by atoms with van der Waals surface area (Å²) >= 11 is 0. The number of aromatic carboxylic acids is 2. The van der Waals surface area contributed by atoms with Crippen LogP contribution in [0.1, 0.15) is 97.4 Å². The van der Waals surface area contributed by atoms with Crippen LogP contribution in [0.3, 0.4) is 0 Å². The molecule has 202 valence electrons. The molecule has 0 saturated carbocycles. The second-order valence-electron chi connectivity index (χ2n) is 9.72. The minimum absolute atomic E-state index is 0.0411. The van der Waals surface area contributed by atoms with Crippen molar-refractivity contribution in [1.29, 1.82) is 0 Å². The van der Waals surface area contributed by atoms with Gasteiger partial charge in [-0.3, -0.25) is 0 Å². The lowest BCUT2D eigenvalue weighted by atomic mass is 9.93. The minimum atomic E-state index is -1.11. The fraction of sp³-hybridized carbons (Fsp3) is 0.375. The quantitative estimate of drug-likeness (QED) is 0.134. The first kappa shape index (κ1) is 28.8. The maximum Gasteiger partial charge on any atom is 0.338 e. The number of carboxylic acid groups (broad SMARTS) is 2. The number of nitrogens with one attached hydrogen (secondary N) is 2. The van der Waals surface area contributed by atoms with Crippen LogP contribution in [-0.2, 0) is 6.42 Å². The molecule has 0 unspecified atom stereocenters. The highest BCUT2D eigenvalue weighted by atomic mass is 16.4. The monoisotopic (exact) mass is 516 g/mol. The number of unbranched alkanes of at least 4 members (excludes halogenated alkanes) is 9. The average Bonchev–Trinajstić information content (AvgIpc) is 2.91. The van der Waals surface area contributed by atoms with Gasteiger partial charge >= 0.3 is 11.9 Å². The second-order valence-corrected chi connectivity index (χ2v) is 9.72. The predicted molar refractivity (Wildman–Crippen MR) is 155 cm³/mol. The Morgan fingerprint density at radius 2 is 1.16 bits per heavy atom. The van der Waals surface area contributed by atoms with Gasteiger partial charge in [0.2, 0.25) is 0 Å². The van der Waals surface area contributed by atoms with Crippen LogP contribution in [0, 0.1) is 0 Å². The molecule has 4 N–H and O–H groups in total. The largest absolute Gasteiger partial charge is 0.478 e. The van der Waals surface area contributed by atoms with Gasteiger partial charge in [0, 0.05) is 11.4 Å². The van der Waals surface area contributed by atoms with Crippen molar-refractivity contribution >= 4 is 34.7 Å². The van der Waals surface area contributed by atoms with E-state index in [0.717, 1.165) is 19.3 Å². The average molecular weight is 517 g/mol. The van der Waals surface area contributed by atoms with Crippen LogP contribution in [0.15, 0.2) is 66.7 Å². The van der Waals surface area contributed by atoms with E-state index >= 15 is 0 Å². The third kappa shape index (κ3) is 8.65. The number of para-hydroxylation sites is 2. The zero-order valence-corrected chi connectivity index (χ0v) is 22.3. The number of anilines is 4. The lowest BCUT2D eigenvalue weighted by molar-refractivity contribution is 0.0682. The molecule has 0 aliphatic heterocycles. The number of hydrogen-bond acceptors (Lipinski definition) is 4. The van der Waals surface area contributed by atoms with Crippen molar-refractivity contribution in [3.05, 3.63) is 83.4 Å². The molecule has 6 heteroatoms. The first-order valence-electron chi connectivity index (χ1n) is 13.8. The molecule has 3 rings (SSSR count). The van der Waals surface area contributed by atoms with Crippen LogP contribution >= 0.6 is 0 Å². The lowest BCUT2D eigenvalue weighted by Crippen LogP contribution is -2.14. The van der Waals surface area contributed by atoms with Crippen LogP contribution in [0.25, 0.3) is 0 Å². The molecule has 0 atom stereocenters. The summed E-state index contributed by atoms with van der Waals surface area (Å²) in [5.74, 6) is -2.20. The molecule has 0 aliphatic rings. The van der Waals surface area contributed by atoms with Gasteiger partial charge in [0.25, 0.3) is 0 Å². The first-order chi connectivity index (χ1) is 18.5. The van der Waals surface area contributed by atoms with E-state index < -0.39 is 11.9 Å². The lowest BCUT2D eigenvalue weighted by Gasteiger charge is -2.21. The smallest absolute Gasteiger partial charge is 0.338 e. The summed E-state index contributed by atoms with van der Waals surface area (Å²) in [6.45, 7) is 2.23. The SMILES string of the molecule is CCCCCCCCCCCCc1c(Nc2ccccc2)c(C(=O)O)cc(Nc2ccccc2)c1C(=O)O. The van der Waals surface area contributed by atoms with E-state index in [9.17, 15) is 19.8 Å². The van der Waals surface area contributed by atoms with E-state index in [1.807, 2.05) is 60.7 Å². The Hall–Kier alpha value is -3.80. The molecule has 3 aromatic rings. The van der Waals surface area contributed by atoms with Crippen LogP contribution in [-0.4, -0.2) is 22.2 Å². The molecule has 0 heterocycles. The fourth-order valence-corrected chi connectivity index (χ4v) is 4.78. The Bertz CT molecular complexity index is 1160. The van der Waals surface area contributed by atoms with Crippen molar-refractivity contribution < 1.29 is 19.8 Å². The van der Waals surface area contributed by atoms with Crippen LogP contribution < -0.4 is 10.6 Å². The van der Waals surface area contributed by atoms with E-state index in [-0.39, 0.29) is 16.8 Å². The molecular formula is C32H40N2O4. The van der Waals surface area contributed by atoms with Crippen molar-refractivity contribution in [2.45, 2.75) is 77.6 Å². The number of benzene rings is 3. The molecule has 38 heavy (non-hydrogen) atoms. The maximum absolute atomic E-state index is 12.6. The number of hydrogen-bond donors (Lipinski definition) is 4. The van der Waals surface area contributed by atoms with Gasteiger partial charge in [-0.05, 0) is 48.7 Å². The minimum Gasteiger partial charge on any atom is -0.478 e. The molecule has 0 aliphatic carbocycles. The zero-order valence-electron chi connectivity index (χ0n) is 22.3. The molecule has 0 saturated heterocycles. The summed E-state index contributed by atoms with van der Waals surface area (Å²) in [4.78, 5) is 25.0. The van der Waals surface area contributed by atoms with Crippen molar-refractivity contribution in [2.75, 3.05) is 10.6 Å². The maximum atomic E-state index is 12.6. The summed E-state index contributed by atoms with van der Waals surface area (Å²) in [5, 5.41) is 26.8. The van der Waals surface area contributed by atoms with E-state index in [0.29, 0.717) is 29.0 Å². The van der Waals surface area contributed by atoms with Gasteiger partial charge in [0.15, 0.2) is 0 Å². The van der Waals surface area contributed by atoms with Crippen molar-refractivity contribution in [3.8, 4) is 0 Å². The van der Waals surface area contributed by atoms with Crippen LogP contribution in [0.5, 0.6) is 0 Å². The molecule has 0 fully saturated rings. The number of rotatable bonds is 17. The molecule has 3 aromatic carbocycles. The Balaban J connectivity index is 1.86. The Morgan fingerprint density at radius 1 is 0.658 bits per heavy atom. The Morgan fingerprint density at radius 3 is 1.66 bits per heavy atom. The highest BCUT2D eigenvalue weighted by molar-refractivity contribution is 6.05. The van der Waals surface area contributed by atoms with Crippen molar-refractivity contribution in [3.63, 3.8) is 0 Å². The van der Waals surface area contributed by atoms with Gasteiger partial charge in [-0.1, -0.05) is 101 Å². The van der Waals surface area contributed by atoms with Gasteiger partial charge in [0.1, 0.15) is 0 Å². The third-order valence-corrected chi connectivity index (χ3v) is 6.75. The number of carbonyl (C=O) groups is 2. The second kappa shape index (κ2) is 15.5. The normalized spacial score (nSPS) is 10.8. The molecule has 0 amide bonds. The van der Waals surface area contributed by atoms with Gasteiger partial charge < -0.3 is 20.8 Å². The predicted octanol–water partition coefficient (Wildman–Crippen LogP) is 9.03. The molecule has 0 bridgehead atoms. The van der Waals surface area contributed by atoms with Gasteiger partial charge in [-0.2, -0.15) is 0 Å². The fourth-order valence-electron chi connectivity index (χ4n) is 4.78. The van der Waals surface area contributed by atoms with Gasteiger partial charge in [-0.15, -0.1) is 0 Å². The van der Waals surface area contributed by atoms with E-state index in [1.165, 1.54) is 51.0 Å². The third-order valence-electron chi connectivity index (χ3n) is 6.75. The highest BCUT2D eigenvalue weighted by Crippen LogP contribution is 2.36. The summed E-state index contributed by atoms with van der Waals surface area (Å²) in [6, 6.07) is 19.9. The van der Waals surface area contributed by atoms with Crippen molar-refractivity contribution in [1.82, 2.24) is 0 Å². The van der Waals surface area contributed by atoms with E-state index in [4.69, 9.17) is 0 Å². The van der Waals surface area contributed by atoms with E-state index in [2.05, 4.69) is 17.6 Å². The number of carboxylic acids is 2. The molecule has 0 aromatic heterocycles. The molecule has 0 radical (unpaired) electrons. The zero-order chi connectivity index (χ0) is 27.2. The Kier molecular flexibility index (Phi) is 11.7. The summed E-state index contributed by atoms with van der Waals surface area (Å²) < 4.78 is 0. The van der Waals surface area contributed by atoms with Gasteiger partial charge in [0.05, 0.1) is 22.5 Å². The van der Waals surface area contributed by atoms with E-state index in [1.54, 1.807) is 0 Å². The molecule has 6 nitrogen and oxygen atoms in total. The van der Waals surface area contributed by atoms with Gasteiger partial charge in [-0.25, -0.2) is 9.59 Å². The summed E-state index contributed by atoms with van der Waals surface area (Å²) in [5.41, 5.74) is 2.68. The molecule has 0 spiro atoms. The summed E-state index contributed by atoms with van der Waals surface area (Å²) in [7, 11) is 0. The Labute approximate surface area is 226 Å². The topological polar surface area (TPSA) is 98.7 Å².